The van der Waals surface area contributed by atoms with Crippen molar-refractivity contribution in [3.63, 3.8) is 0 Å². The Morgan fingerprint density at radius 3 is 0.810 bits per heavy atom. The largest absolute Gasteiger partial charge is 0.462 e. The highest BCUT2D eigenvalue weighted by Gasteiger charge is 2.19. The van der Waals surface area contributed by atoms with Crippen LogP contribution < -0.4 is 0 Å². The van der Waals surface area contributed by atoms with Crippen LogP contribution in [0.4, 0.5) is 0 Å². The van der Waals surface area contributed by atoms with Crippen molar-refractivity contribution in [2.24, 2.45) is 0 Å². The van der Waals surface area contributed by atoms with Gasteiger partial charge in [-0.3, -0.25) is 14.4 Å². The molecule has 0 aliphatic heterocycles. The van der Waals surface area contributed by atoms with E-state index in [1.807, 2.05) is 0 Å². The van der Waals surface area contributed by atoms with Crippen LogP contribution in [0.3, 0.4) is 0 Å². The second kappa shape index (κ2) is 52.5. The lowest BCUT2D eigenvalue weighted by Crippen LogP contribution is -2.30. The highest BCUT2D eigenvalue weighted by molar-refractivity contribution is 5.71. The van der Waals surface area contributed by atoms with Crippen molar-refractivity contribution in [3.05, 3.63) is 24.3 Å². The van der Waals surface area contributed by atoms with Crippen molar-refractivity contribution in [1.29, 1.82) is 0 Å². The quantitative estimate of drug-likeness (QED) is 0.0262. The standard InChI is InChI=1S/C57H106O6/c1-4-7-10-13-16-19-22-25-27-28-30-32-35-38-41-44-47-50-56(59)62-53-54(52-61-55(58)49-46-43-40-37-34-31-24-21-18-15-12-9-6-3)63-57(60)51-48-45-42-39-36-33-29-26-23-20-17-14-11-8-5-2/h20-21,23-24,54H,4-19,22,25-53H2,1-3H3/b23-20-,24-21-/t54-/m1/s1. The zero-order valence-electron chi connectivity index (χ0n) is 42.4. The normalized spacial score (nSPS) is 12.1. The Hall–Kier alpha value is -2.11. The molecule has 370 valence electrons. The fourth-order valence-corrected chi connectivity index (χ4v) is 8.20. The van der Waals surface area contributed by atoms with Crippen LogP contribution in [-0.2, 0) is 28.6 Å². The monoisotopic (exact) mass is 887 g/mol. The lowest BCUT2D eigenvalue weighted by molar-refractivity contribution is -0.167. The van der Waals surface area contributed by atoms with Crippen molar-refractivity contribution in [2.75, 3.05) is 13.2 Å². The van der Waals surface area contributed by atoms with E-state index < -0.39 is 6.10 Å². The van der Waals surface area contributed by atoms with Gasteiger partial charge in [0.2, 0.25) is 0 Å². The summed E-state index contributed by atoms with van der Waals surface area (Å²) in [5.74, 6) is -0.868. The summed E-state index contributed by atoms with van der Waals surface area (Å²) in [6.45, 7) is 6.64. The van der Waals surface area contributed by atoms with Gasteiger partial charge in [0.05, 0.1) is 0 Å². The minimum Gasteiger partial charge on any atom is -0.462 e. The third kappa shape index (κ3) is 50.7. The number of hydrogen-bond acceptors (Lipinski definition) is 6. The van der Waals surface area contributed by atoms with Crippen molar-refractivity contribution in [1.82, 2.24) is 0 Å². The molecule has 0 aromatic carbocycles. The van der Waals surface area contributed by atoms with Gasteiger partial charge in [-0.1, -0.05) is 238 Å². The molecule has 0 aromatic rings. The fourth-order valence-electron chi connectivity index (χ4n) is 8.20. The van der Waals surface area contributed by atoms with E-state index in [0.717, 1.165) is 64.2 Å². The first-order valence-electron chi connectivity index (χ1n) is 27.8. The molecule has 0 fully saturated rings. The van der Waals surface area contributed by atoms with Gasteiger partial charge in [0, 0.05) is 19.3 Å². The summed E-state index contributed by atoms with van der Waals surface area (Å²) in [6.07, 6.45) is 60.2. The Bertz CT molecular complexity index is 1020. The molecule has 6 nitrogen and oxygen atoms in total. The molecule has 6 heteroatoms. The molecule has 0 saturated carbocycles. The van der Waals surface area contributed by atoms with E-state index in [1.165, 1.54) is 199 Å². The first kappa shape index (κ1) is 60.9. The topological polar surface area (TPSA) is 78.9 Å². The maximum Gasteiger partial charge on any atom is 0.306 e. The van der Waals surface area contributed by atoms with Crippen molar-refractivity contribution in [3.8, 4) is 0 Å². The molecule has 0 aromatic heterocycles. The molecule has 0 aliphatic carbocycles. The van der Waals surface area contributed by atoms with E-state index in [-0.39, 0.29) is 31.1 Å². The zero-order chi connectivity index (χ0) is 45.8. The Balaban J connectivity index is 4.33. The molecular formula is C57H106O6. The molecule has 0 amide bonds. The third-order valence-corrected chi connectivity index (χ3v) is 12.4. The molecule has 0 rings (SSSR count). The predicted molar refractivity (Wildman–Crippen MR) is 270 cm³/mol. The van der Waals surface area contributed by atoms with Crippen molar-refractivity contribution in [2.45, 2.75) is 309 Å². The number of allylic oxidation sites excluding steroid dienone is 4. The van der Waals surface area contributed by atoms with Crippen LogP contribution >= 0.6 is 0 Å². The molecule has 0 aliphatic rings. The van der Waals surface area contributed by atoms with Gasteiger partial charge in [0.25, 0.3) is 0 Å². The Labute approximate surface area is 392 Å². The Kier molecular flexibility index (Phi) is 50.8. The second-order valence-corrected chi connectivity index (χ2v) is 18.8. The van der Waals surface area contributed by atoms with Gasteiger partial charge in [-0.15, -0.1) is 0 Å². The number of hydrogen-bond donors (Lipinski definition) is 0. The molecule has 0 bridgehead atoms. The summed E-state index contributed by atoms with van der Waals surface area (Å²) < 4.78 is 16.8. The molecule has 0 radical (unpaired) electrons. The lowest BCUT2D eigenvalue weighted by Gasteiger charge is -2.18. The van der Waals surface area contributed by atoms with Crippen LogP contribution in [-0.4, -0.2) is 37.2 Å². The number of rotatable bonds is 51. The summed E-state index contributed by atoms with van der Waals surface area (Å²) in [4.78, 5) is 38.1. The van der Waals surface area contributed by atoms with Crippen LogP contribution in [0.2, 0.25) is 0 Å². The summed E-state index contributed by atoms with van der Waals surface area (Å²) in [5.41, 5.74) is 0. The summed E-state index contributed by atoms with van der Waals surface area (Å²) in [5, 5.41) is 0. The highest BCUT2D eigenvalue weighted by Crippen LogP contribution is 2.16. The minimum absolute atomic E-state index is 0.0714. The van der Waals surface area contributed by atoms with Gasteiger partial charge in [0.1, 0.15) is 13.2 Å². The maximum atomic E-state index is 12.8. The summed E-state index contributed by atoms with van der Waals surface area (Å²) >= 11 is 0. The van der Waals surface area contributed by atoms with E-state index in [0.29, 0.717) is 19.3 Å². The first-order valence-corrected chi connectivity index (χ1v) is 27.8. The lowest BCUT2D eigenvalue weighted by atomic mass is 10.0. The van der Waals surface area contributed by atoms with Crippen LogP contribution in [0.1, 0.15) is 303 Å². The van der Waals surface area contributed by atoms with Crippen molar-refractivity contribution >= 4 is 17.9 Å². The fraction of sp³-hybridized carbons (Fsp3) is 0.877. The highest BCUT2D eigenvalue weighted by atomic mass is 16.6. The maximum absolute atomic E-state index is 12.8. The summed E-state index contributed by atoms with van der Waals surface area (Å²) in [6, 6.07) is 0. The molecule has 63 heavy (non-hydrogen) atoms. The SMILES string of the molecule is CCCCCC/C=C\CCCCCCCCCC(=O)O[C@H](COC(=O)CCCCCCC/C=C\CCCCCC)COC(=O)CCCCCCCCCCCCCCCCCCC. The predicted octanol–water partition coefficient (Wildman–Crippen LogP) is 18.3. The molecule has 0 saturated heterocycles. The van der Waals surface area contributed by atoms with Crippen LogP contribution in [0.5, 0.6) is 0 Å². The van der Waals surface area contributed by atoms with E-state index in [1.54, 1.807) is 0 Å². The number of carbonyl (C=O) groups is 3. The van der Waals surface area contributed by atoms with Gasteiger partial charge in [0.15, 0.2) is 6.10 Å². The number of carbonyl (C=O) groups excluding carboxylic acids is 3. The number of ether oxygens (including phenoxy) is 3. The van der Waals surface area contributed by atoms with Crippen molar-refractivity contribution < 1.29 is 28.6 Å². The van der Waals surface area contributed by atoms with E-state index >= 15 is 0 Å². The van der Waals surface area contributed by atoms with E-state index in [2.05, 4.69) is 45.1 Å². The zero-order valence-corrected chi connectivity index (χ0v) is 42.4. The molecule has 0 heterocycles. The van der Waals surface area contributed by atoms with Crippen LogP contribution in [0, 0.1) is 0 Å². The van der Waals surface area contributed by atoms with E-state index in [9.17, 15) is 14.4 Å². The van der Waals surface area contributed by atoms with Gasteiger partial charge < -0.3 is 14.2 Å². The summed E-state index contributed by atoms with van der Waals surface area (Å²) in [7, 11) is 0. The Morgan fingerprint density at radius 1 is 0.302 bits per heavy atom. The smallest absolute Gasteiger partial charge is 0.306 e. The van der Waals surface area contributed by atoms with Crippen LogP contribution in [0.25, 0.3) is 0 Å². The molecule has 0 unspecified atom stereocenters. The molecule has 0 N–H and O–H groups in total. The van der Waals surface area contributed by atoms with Crippen LogP contribution in [0.15, 0.2) is 24.3 Å². The van der Waals surface area contributed by atoms with E-state index in [4.69, 9.17) is 14.2 Å². The van der Waals surface area contributed by atoms with Gasteiger partial charge in [-0.2, -0.15) is 0 Å². The van der Waals surface area contributed by atoms with Gasteiger partial charge in [-0.25, -0.2) is 0 Å². The molecule has 1 atom stereocenters. The number of unbranched alkanes of at least 4 members (excludes halogenated alkanes) is 36. The second-order valence-electron chi connectivity index (χ2n) is 18.8. The Morgan fingerprint density at radius 2 is 0.524 bits per heavy atom. The molecule has 0 spiro atoms. The number of esters is 3. The first-order chi connectivity index (χ1) is 31.0. The van der Waals surface area contributed by atoms with Gasteiger partial charge >= 0.3 is 17.9 Å². The minimum atomic E-state index is -0.772. The van der Waals surface area contributed by atoms with Gasteiger partial charge in [-0.05, 0) is 70.6 Å². The average Bonchev–Trinajstić information content (AvgIpc) is 3.28. The average molecular weight is 887 g/mol. The molecular weight excluding hydrogens is 781 g/mol. The third-order valence-electron chi connectivity index (χ3n) is 12.4.